The van der Waals surface area contributed by atoms with Gasteiger partial charge in [0.2, 0.25) is 5.91 Å². The van der Waals surface area contributed by atoms with Crippen LogP contribution in [-0.2, 0) is 9.53 Å². The summed E-state index contributed by atoms with van der Waals surface area (Å²) in [4.78, 5) is 15.9. The highest BCUT2D eigenvalue weighted by molar-refractivity contribution is 5.76. The summed E-state index contributed by atoms with van der Waals surface area (Å²) in [6.07, 6.45) is 1.46. The van der Waals surface area contributed by atoms with Gasteiger partial charge in [-0.3, -0.25) is 4.79 Å². The Bertz CT molecular complexity index is 218. The first-order valence-electron chi connectivity index (χ1n) is 6.46. The summed E-state index contributed by atoms with van der Waals surface area (Å²) < 4.78 is 5.21. The predicted octanol–water partition coefficient (Wildman–Crippen LogP) is -0.0604. The van der Waals surface area contributed by atoms with Crippen LogP contribution < -0.4 is 0 Å². The molecule has 0 saturated carbocycles. The number of likely N-dealkylation sites (N-methyl/N-ethyl adjacent to an activating group) is 1. The fourth-order valence-electron chi connectivity index (χ4n) is 1.99. The molecule has 17 heavy (non-hydrogen) atoms. The third-order valence-electron chi connectivity index (χ3n) is 3.09. The molecule has 5 nitrogen and oxygen atoms in total. The fourth-order valence-corrected chi connectivity index (χ4v) is 1.99. The summed E-state index contributed by atoms with van der Waals surface area (Å²) in [5, 5.41) is 8.85. The van der Waals surface area contributed by atoms with Gasteiger partial charge >= 0.3 is 0 Å². The number of morpholine rings is 1. The van der Waals surface area contributed by atoms with Crippen molar-refractivity contribution in [1.82, 2.24) is 9.80 Å². The molecule has 0 aromatic heterocycles. The number of ether oxygens (including phenoxy) is 1. The van der Waals surface area contributed by atoms with Crippen LogP contribution in [0.2, 0.25) is 0 Å². The molecule has 0 unspecified atom stereocenters. The van der Waals surface area contributed by atoms with Crippen molar-refractivity contribution < 1.29 is 14.6 Å². The monoisotopic (exact) mass is 244 g/mol. The van der Waals surface area contributed by atoms with Crippen molar-refractivity contribution in [2.24, 2.45) is 0 Å². The Kier molecular flexibility index (Phi) is 7.16. The molecule has 0 spiro atoms. The lowest BCUT2D eigenvalue weighted by atomic mass is 10.2. The van der Waals surface area contributed by atoms with Crippen LogP contribution in [0.15, 0.2) is 0 Å². The van der Waals surface area contributed by atoms with Crippen molar-refractivity contribution in [3.63, 3.8) is 0 Å². The largest absolute Gasteiger partial charge is 0.395 e. The Morgan fingerprint density at radius 2 is 2.06 bits per heavy atom. The van der Waals surface area contributed by atoms with E-state index in [4.69, 9.17) is 9.84 Å². The van der Waals surface area contributed by atoms with Crippen molar-refractivity contribution in [2.45, 2.75) is 19.8 Å². The Labute approximate surface area is 103 Å². The van der Waals surface area contributed by atoms with Crippen LogP contribution in [0.3, 0.4) is 0 Å². The van der Waals surface area contributed by atoms with Gasteiger partial charge in [0.15, 0.2) is 0 Å². The first-order chi connectivity index (χ1) is 8.27. The summed E-state index contributed by atoms with van der Waals surface area (Å²) in [7, 11) is 0. The molecule has 0 aromatic rings. The topological polar surface area (TPSA) is 53.0 Å². The second-order valence-electron chi connectivity index (χ2n) is 4.25. The molecule has 1 N–H and O–H groups in total. The van der Waals surface area contributed by atoms with Gasteiger partial charge in [0.05, 0.1) is 19.8 Å². The number of carbonyl (C=O) groups is 1. The molecule has 1 heterocycles. The molecule has 1 amide bonds. The van der Waals surface area contributed by atoms with E-state index < -0.39 is 0 Å². The lowest BCUT2D eigenvalue weighted by molar-refractivity contribution is -0.135. The minimum Gasteiger partial charge on any atom is -0.395 e. The molecule has 0 aromatic carbocycles. The van der Waals surface area contributed by atoms with Gasteiger partial charge in [-0.15, -0.1) is 0 Å². The normalized spacial score (nSPS) is 16.5. The predicted molar refractivity (Wildman–Crippen MR) is 65.8 cm³/mol. The minimum absolute atomic E-state index is 0.186. The van der Waals surface area contributed by atoms with Gasteiger partial charge in [-0.2, -0.15) is 0 Å². The molecule has 1 aliphatic rings. The number of carbonyl (C=O) groups excluding carboxylic acids is 1. The summed E-state index contributed by atoms with van der Waals surface area (Å²) >= 11 is 0. The maximum atomic E-state index is 11.8. The third-order valence-corrected chi connectivity index (χ3v) is 3.09. The lowest BCUT2D eigenvalue weighted by Crippen LogP contribution is -2.41. The molecule has 5 heteroatoms. The molecule has 1 aliphatic heterocycles. The lowest BCUT2D eigenvalue weighted by Gasteiger charge is -2.27. The van der Waals surface area contributed by atoms with E-state index in [1.807, 2.05) is 4.90 Å². The SMILES string of the molecule is CCN(CCO)CCCC(=O)N1CCOCC1. The highest BCUT2D eigenvalue weighted by Crippen LogP contribution is 2.03. The van der Waals surface area contributed by atoms with Crippen molar-refractivity contribution in [3.05, 3.63) is 0 Å². The Morgan fingerprint density at radius 3 is 2.65 bits per heavy atom. The van der Waals surface area contributed by atoms with Crippen LogP contribution in [0.1, 0.15) is 19.8 Å². The van der Waals surface area contributed by atoms with Crippen molar-refractivity contribution in [3.8, 4) is 0 Å². The minimum atomic E-state index is 0.186. The molecular weight excluding hydrogens is 220 g/mol. The van der Waals surface area contributed by atoms with Gasteiger partial charge < -0.3 is 19.6 Å². The smallest absolute Gasteiger partial charge is 0.222 e. The van der Waals surface area contributed by atoms with Crippen molar-refractivity contribution in [1.29, 1.82) is 0 Å². The Morgan fingerprint density at radius 1 is 1.35 bits per heavy atom. The van der Waals surface area contributed by atoms with E-state index in [0.717, 1.165) is 32.6 Å². The van der Waals surface area contributed by atoms with Crippen LogP contribution >= 0.6 is 0 Å². The van der Waals surface area contributed by atoms with Crippen LogP contribution in [0.5, 0.6) is 0 Å². The number of amides is 1. The Hall–Kier alpha value is -0.650. The van der Waals surface area contributed by atoms with E-state index in [9.17, 15) is 4.79 Å². The van der Waals surface area contributed by atoms with E-state index in [0.29, 0.717) is 26.2 Å². The number of aliphatic hydroxyl groups is 1. The second-order valence-corrected chi connectivity index (χ2v) is 4.25. The number of hydrogen-bond donors (Lipinski definition) is 1. The van der Waals surface area contributed by atoms with Gasteiger partial charge in [-0.1, -0.05) is 6.92 Å². The van der Waals surface area contributed by atoms with E-state index in [1.54, 1.807) is 0 Å². The fraction of sp³-hybridized carbons (Fsp3) is 0.917. The average Bonchev–Trinajstić information content (AvgIpc) is 2.38. The van der Waals surface area contributed by atoms with E-state index in [2.05, 4.69) is 11.8 Å². The highest BCUT2D eigenvalue weighted by atomic mass is 16.5. The van der Waals surface area contributed by atoms with Gasteiger partial charge in [0.1, 0.15) is 0 Å². The molecule has 0 bridgehead atoms. The average molecular weight is 244 g/mol. The van der Waals surface area contributed by atoms with Crippen molar-refractivity contribution in [2.75, 3.05) is 52.5 Å². The van der Waals surface area contributed by atoms with E-state index >= 15 is 0 Å². The van der Waals surface area contributed by atoms with Gasteiger partial charge in [-0.05, 0) is 19.5 Å². The molecule has 1 rings (SSSR count). The maximum Gasteiger partial charge on any atom is 0.222 e. The molecule has 100 valence electrons. The van der Waals surface area contributed by atoms with Crippen molar-refractivity contribution >= 4 is 5.91 Å². The van der Waals surface area contributed by atoms with Gasteiger partial charge in [-0.25, -0.2) is 0 Å². The molecule has 0 aliphatic carbocycles. The molecule has 0 atom stereocenters. The zero-order valence-corrected chi connectivity index (χ0v) is 10.7. The molecule has 1 saturated heterocycles. The molecular formula is C12H24N2O3. The van der Waals surface area contributed by atoms with Gasteiger partial charge in [0.25, 0.3) is 0 Å². The van der Waals surface area contributed by atoms with Crippen LogP contribution in [0, 0.1) is 0 Å². The summed E-state index contributed by atoms with van der Waals surface area (Å²) in [5.74, 6) is 0.230. The number of hydrogen-bond acceptors (Lipinski definition) is 4. The number of rotatable bonds is 7. The summed E-state index contributed by atoms with van der Waals surface area (Å²) in [5.41, 5.74) is 0. The number of aliphatic hydroxyl groups excluding tert-OH is 1. The number of nitrogens with zero attached hydrogens (tertiary/aromatic N) is 2. The summed E-state index contributed by atoms with van der Waals surface area (Å²) in [6, 6.07) is 0. The van der Waals surface area contributed by atoms with Crippen LogP contribution in [0.4, 0.5) is 0 Å². The van der Waals surface area contributed by atoms with Crippen LogP contribution in [0.25, 0.3) is 0 Å². The van der Waals surface area contributed by atoms with E-state index in [-0.39, 0.29) is 12.5 Å². The Balaban J connectivity index is 2.14. The first kappa shape index (κ1) is 14.4. The third kappa shape index (κ3) is 5.48. The molecule has 1 fully saturated rings. The first-order valence-corrected chi connectivity index (χ1v) is 6.46. The van der Waals surface area contributed by atoms with Crippen LogP contribution in [-0.4, -0.2) is 73.4 Å². The van der Waals surface area contributed by atoms with E-state index in [1.165, 1.54) is 0 Å². The zero-order chi connectivity index (χ0) is 12.5. The molecule has 0 radical (unpaired) electrons. The second kappa shape index (κ2) is 8.44. The zero-order valence-electron chi connectivity index (χ0n) is 10.7. The maximum absolute atomic E-state index is 11.8. The summed E-state index contributed by atoms with van der Waals surface area (Å²) in [6.45, 7) is 7.54. The quantitative estimate of drug-likeness (QED) is 0.681. The highest BCUT2D eigenvalue weighted by Gasteiger charge is 2.16. The van der Waals surface area contributed by atoms with Gasteiger partial charge in [0, 0.05) is 26.1 Å². The standard InChI is InChI=1S/C12H24N2O3/c1-2-13(6-9-15)5-3-4-12(16)14-7-10-17-11-8-14/h15H,2-11H2,1H3.